The van der Waals surface area contributed by atoms with E-state index in [9.17, 15) is 4.79 Å². The first-order valence-corrected chi connectivity index (χ1v) is 6.77. The predicted octanol–water partition coefficient (Wildman–Crippen LogP) is 3.65. The minimum absolute atomic E-state index is 0.0950. The maximum Gasteiger partial charge on any atom is 0.198 e. The lowest BCUT2D eigenvalue weighted by molar-refractivity contribution is 0.0485. The summed E-state index contributed by atoms with van der Waals surface area (Å²) in [5.74, 6) is 0.0950. The lowest BCUT2D eigenvalue weighted by Gasteiger charge is -2.08. The second-order valence-corrected chi connectivity index (χ2v) is 6.21. The molecule has 1 aliphatic rings. The van der Waals surface area contributed by atoms with E-state index in [0.29, 0.717) is 6.10 Å². The van der Waals surface area contributed by atoms with Crippen molar-refractivity contribution in [2.45, 2.75) is 31.8 Å². The third-order valence-corrected chi connectivity index (χ3v) is 4.27. The molecule has 1 heterocycles. The Hall–Kier alpha value is -0.190. The van der Waals surface area contributed by atoms with Crippen LogP contribution in [0.4, 0.5) is 0 Å². The van der Waals surface area contributed by atoms with E-state index in [4.69, 9.17) is 4.74 Å². The van der Waals surface area contributed by atoms with Gasteiger partial charge in [0.25, 0.3) is 0 Å². The van der Waals surface area contributed by atoms with Gasteiger partial charge >= 0.3 is 0 Å². The van der Waals surface area contributed by atoms with Crippen molar-refractivity contribution < 1.29 is 9.53 Å². The minimum Gasteiger partial charge on any atom is -0.370 e. The third kappa shape index (κ3) is 3.13. The van der Waals surface area contributed by atoms with Crippen molar-refractivity contribution in [3.63, 3.8) is 0 Å². The van der Waals surface area contributed by atoms with Gasteiger partial charge < -0.3 is 4.74 Å². The van der Waals surface area contributed by atoms with Crippen LogP contribution >= 0.6 is 27.3 Å². The van der Waals surface area contributed by atoms with Crippen LogP contribution in [0.15, 0.2) is 15.9 Å². The largest absolute Gasteiger partial charge is 0.370 e. The zero-order valence-electron chi connectivity index (χ0n) is 8.37. The lowest BCUT2D eigenvalue weighted by Crippen LogP contribution is -2.14. The van der Waals surface area contributed by atoms with Crippen molar-refractivity contribution >= 4 is 33.0 Å². The third-order valence-electron chi connectivity index (χ3n) is 2.60. The zero-order valence-corrected chi connectivity index (χ0v) is 10.8. The van der Waals surface area contributed by atoms with E-state index in [1.165, 1.54) is 24.2 Å². The highest BCUT2D eigenvalue weighted by atomic mass is 79.9. The van der Waals surface area contributed by atoms with E-state index >= 15 is 0 Å². The second-order valence-electron chi connectivity index (χ2n) is 3.74. The first kappa shape index (κ1) is 11.3. The molecule has 4 heteroatoms. The molecule has 0 aromatic carbocycles. The molecule has 1 aromatic heterocycles. The van der Waals surface area contributed by atoms with Crippen LogP contribution < -0.4 is 0 Å². The SMILES string of the molecule is O=C(COC1CCCC1)c1ccc(Br)s1. The zero-order chi connectivity index (χ0) is 10.7. The summed E-state index contributed by atoms with van der Waals surface area (Å²) in [6, 6.07) is 3.74. The van der Waals surface area contributed by atoms with Crippen LogP contribution in [0.2, 0.25) is 0 Å². The van der Waals surface area contributed by atoms with Crippen molar-refractivity contribution in [2.75, 3.05) is 6.61 Å². The molecule has 1 aliphatic carbocycles. The summed E-state index contributed by atoms with van der Waals surface area (Å²) in [5, 5.41) is 0. The Bertz CT molecular complexity index is 342. The van der Waals surface area contributed by atoms with Gasteiger partial charge in [-0.3, -0.25) is 4.79 Å². The molecule has 0 aliphatic heterocycles. The highest BCUT2D eigenvalue weighted by Crippen LogP contribution is 2.24. The molecule has 0 atom stereocenters. The van der Waals surface area contributed by atoms with Gasteiger partial charge in [-0.15, -0.1) is 11.3 Å². The number of carbonyl (C=O) groups is 1. The number of Topliss-reactive ketones (excluding diaryl/α,β-unsaturated/α-hetero) is 1. The van der Waals surface area contributed by atoms with Gasteiger partial charge in [-0.05, 0) is 40.9 Å². The average Bonchev–Trinajstić information content (AvgIpc) is 2.84. The van der Waals surface area contributed by atoms with Crippen LogP contribution in [0.3, 0.4) is 0 Å². The van der Waals surface area contributed by atoms with Gasteiger partial charge in [0.05, 0.1) is 14.8 Å². The maximum atomic E-state index is 11.7. The molecule has 82 valence electrons. The number of hydrogen-bond acceptors (Lipinski definition) is 3. The fraction of sp³-hybridized carbons (Fsp3) is 0.545. The predicted molar refractivity (Wildman–Crippen MR) is 64.6 cm³/mol. The minimum atomic E-state index is 0.0950. The van der Waals surface area contributed by atoms with Gasteiger partial charge in [-0.2, -0.15) is 0 Å². The molecular weight excluding hydrogens is 276 g/mol. The first-order chi connectivity index (χ1) is 7.25. The number of thiophene rings is 1. The molecule has 0 saturated heterocycles. The van der Waals surface area contributed by atoms with Gasteiger partial charge in [0, 0.05) is 0 Å². The second kappa shape index (κ2) is 5.23. The fourth-order valence-electron chi connectivity index (χ4n) is 1.78. The van der Waals surface area contributed by atoms with Crippen LogP contribution in [0.1, 0.15) is 35.4 Å². The Balaban J connectivity index is 1.81. The van der Waals surface area contributed by atoms with Crippen molar-refractivity contribution in [1.29, 1.82) is 0 Å². The Morgan fingerprint density at radius 3 is 2.80 bits per heavy atom. The van der Waals surface area contributed by atoms with E-state index in [1.54, 1.807) is 0 Å². The number of ether oxygens (including phenoxy) is 1. The van der Waals surface area contributed by atoms with Gasteiger partial charge in [0.15, 0.2) is 5.78 Å². The average molecular weight is 289 g/mol. The monoisotopic (exact) mass is 288 g/mol. The molecule has 0 spiro atoms. The van der Waals surface area contributed by atoms with Crippen LogP contribution in [0, 0.1) is 0 Å². The highest BCUT2D eigenvalue weighted by Gasteiger charge is 2.17. The molecule has 2 rings (SSSR count). The first-order valence-electron chi connectivity index (χ1n) is 5.16. The van der Waals surface area contributed by atoms with Crippen LogP contribution in [-0.4, -0.2) is 18.5 Å². The van der Waals surface area contributed by atoms with E-state index in [0.717, 1.165) is 21.5 Å². The summed E-state index contributed by atoms with van der Waals surface area (Å²) in [5.41, 5.74) is 0. The molecule has 1 saturated carbocycles. The van der Waals surface area contributed by atoms with Gasteiger partial charge in [-0.1, -0.05) is 12.8 Å². The Morgan fingerprint density at radius 1 is 1.47 bits per heavy atom. The summed E-state index contributed by atoms with van der Waals surface area (Å²) >= 11 is 4.81. The van der Waals surface area contributed by atoms with Crippen LogP contribution in [-0.2, 0) is 4.74 Å². The summed E-state index contributed by atoms with van der Waals surface area (Å²) < 4.78 is 6.56. The van der Waals surface area contributed by atoms with Crippen molar-refractivity contribution in [3.05, 3.63) is 20.8 Å². The van der Waals surface area contributed by atoms with Crippen LogP contribution in [0.5, 0.6) is 0 Å². The molecule has 0 bridgehead atoms. The number of halogens is 1. The highest BCUT2D eigenvalue weighted by molar-refractivity contribution is 9.11. The maximum absolute atomic E-state index is 11.7. The van der Waals surface area contributed by atoms with E-state index in [2.05, 4.69) is 15.9 Å². The van der Waals surface area contributed by atoms with Crippen molar-refractivity contribution in [3.8, 4) is 0 Å². The summed E-state index contributed by atoms with van der Waals surface area (Å²) in [6.07, 6.45) is 5.02. The van der Waals surface area contributed by atoms with E-state index in [1.807, 2.05) is 12.1 Å². The molecule has 2 nitrogen and oxygen atoms in total. The molecule has 1 fully saturated rings. The normalized spacial score (nSPS) is 17.1. The van der Waals surface area contributed by atoms with Gasteiger partial charge in [0.1, 0.15) is 6.61 Å². The van der Waals surface area contributed by atoms with Gasteiger partial charge in [-0.25, -0.2) is 0 Å². The van der Waals surface area contributed by atoms with Gasteiger partial charge in [0.2, 0.25) is 0 Å². The van der Waals surface area contributed by atoms with Crippen molar-refractivity contribution in [2.24, 2.45) is 0 Å². The molecule has 0 N–H and O–H groups in total. The standard InChI is InChI=1S/C11H13BrO2S/c12-11-6-5-10(15-11)9(13)7-14-8-3-1-2-4-8/h5-6,8H,1-4,7H2. The molecule has 1 aromatic rings. The number of rotatable bonds is 4. The number of ketones is 1. The smallest absolute Gasteiger partial charge is 0.198 e. The molecule has 15 heavy (non-hydrogen) atoms. The van der Waals surface area contributed by atoms with E-state index < -0.39 is 0 Å². The Labute approximate surface area is 102 Å². The molecule has 0 radical (unpaired) electrons. The molecule has 0 amide bonds. The summed E-state index contributed by atoms with van der Waals surface area (Å²) in [4.78, 5) is 12.5. The number of hydrogen-bond donors (Lipinski definition) is 0. The quantitative estimate of drug-likeness (QED) is 0.791. The number of carbonyl (C=O) groups excluding carboxylic acids is 1. The Kier molecular flexibility index (Phi) is 3.94. The van der Waals surface area contributed by atoms with Crippen LogP contribution in [0.25, 0.3) is 0 Å². The van der Waals surface area contributed by atoms with E-state index in [-0.39, 0.29) is 12.4 Å². The summed E-state index contributed by atoms with van der Waals surface area (Å²) in [6.45, 7) is 0.234. The molecular formula is C11H13BrO2S. The lowest BCUT2D eigenvalue weighted by atomic mass is 10.3. The Morgan fingerprint density at radius 2 is 2.20 bits per heavy atom. The van der Waals surface area contributed by atoms with Crippen molar-refractivity contribution in [1.82, 2.24) is 0 Å². The molecule has 0 unspecified atom stereocenters. The fourth-order valence-corrected chi connectivity index (χ4v) is 3.09. The topological polar surface area (TPSA) is 26.3 Å². The summed E-state index contributed by atoms with van der Waals surface area (Å²) in [7, 11) is 0.